The molecule has 0 atom stereocenters. The van der Waals surface area contributed by atoms with Crippen molar-refractivity contribution >= 4 is 28.6 Å². The summed E-state index contributed by atoms with van der Waals surface area (Å²) in [5, 5.41) is 8.52. The van der Waals surface area contributed by atoms with E-state index in [2.05, 4.69) is 4.98 Å². The van der Waals surface area contributed by atoms with E-state index in [1.165, 1.54) is 22.6 Å². The number of hydrogen-bond donors (Lipinski definition) is 1. The number of aliphatic carboxylic acids is 1. The average Bonchev–Trinajstić information content (AvgIpc) is 2.13. The van der Waals surface area contributed by atoms with Gasteiger partial charge in [-0.05, 0) is 28.2 Å². The highest BCUT2D eigenvalue weighted by molar-refractivity contribution is 14.1. The van der Waals surface area contributed by atoms with Crippen LogP contribution in [-0.4, -0.2) is 16.1 Å². The van der Waals surface area contributed by atoms with Crippen molar-refractivity contribution in [2.75, 3.05) is 0 Å². The van der Waals surface area contributed by atoms with E-state index < -0.39 is 45.4 Å². The second kappa shape index (κ2) is 5.33. The van der Waals surface area contributed by atoms with Crippen LogP contribution in [0.3, 0.4) is 0 Å². The lowest BCUT2D eigenvalue weighted by molar-refractivity contribution is -0.140. The molecule has 0 fully saturated rings. The number of rotatable bonds is 3. The van der Waals surface area contributed by atoms with E-state index >= 15 is 0 Å². The molecule has 0 saturated carbocycles. The van der Waals surface area contributed by atoms with Gasteiger partial charge in [-0.3, -0.25) is 4.79 Å². The molecule has 1 rings (SSSR count). The molecular formula is C9H5F5INO2. The Balaban J connectivity index is 3.55. The fourth-order valence-corrected chi connectivity index (χ4v) is 2.13. The molecule has 0 saturated heterocycles. The van der Waals surface area contributed by atoms with Crippen molar-refractivity contribution in [2.45, 2.75) is 19.0 Å². The highest BCUT2D eigenvalue weighted by Gasteiger charge is 2.39. The van der Waals surface area contributed by atoms with Crippen LogP contribution in [0, 0.1) is 3.70 Å². The summed E-state index contributed by atoms with van der Waals surface area (Å²) in [5.74, 6) is -1.62. The molecule has 0 radical (unpaired) electrons. The molecule has 0 aromatic carbocycles. The summed E-state index contributed by atoms with van der Waals surface area (Å²) >= 11 is 1.23. The largest absolute Gasteiger partial charge is 0.481 e. The maximum absolute atomic E-state index is 12.7. The first-order valence-electron chi connectivity index (χ1n) is 4.39. The Morgan fingerprint density at radius 2 is 2.00 bits per heavy atom. The van der Waals surface area contributed by atoms with Crippen LogP contribution in [0.4, 0.5) is 22.0 Å². The van der Waals surface area contributed by atoms with E-state index in [0.29, 0.717) is 6.20 Å². The maximum Gasteiger partial charge on any atom is 0.419 e. The van der Waals surface area contributed by atoms with Gasteiger partial charge in [0.25, 0.3) is 6.43 Å². The molecule has 1 aromatic heterocycles. The fraction of sp³-hybridized carbons (Fsp3) is 0.333. The highest BCUT2D eigenvalue weighted by atomic mass is 127. The van der Waals surface area contributed by atoms with Crippen molar-refractivity contribution in [1.82, 2.24) is 4.98 Å². The standard InChI is InChI=1S/C9H5F5INO2/c10-7(11)4-2-16-8(15)6(9(12,13)14)3(4)1-5(17)18/h2,7H,1H2,(H,17,18). The molecule has 1 heterocycles. The molecule has 0 aliphatic carbocycles. The lowest BCUT2D eigenvalue weighted by Gasteiger charge is -2.16. The summed E-state index contributed by atoms with van der Waals surface area (Å²) in [6.45, 7) is 0. The van der Waals surface area contributed by atoms with Crippen LogP contribution in [-0.2, 0) is 17.4 Å². The number of carbonyl (C=O) groups is 1. The highest BCUT2D eigenvalue weighted by Crippen LogP contribution is 2.38. The normalized spacial score (nSPS) is 11.9. The summed E-state index contributed by atoms with van der Waals surface area (Å²) < 4.78 is 62.8. The van der Waals surface area contributed by atoms with Gasteiger partial charge in [-0.15, -0.1) is 0 Å². The van der Waals surface area contributed by atoms with Crippen LogP contribution in [0.2, 0.25) is 0 Å². The molecule has 0 spiro atoms. The number of aromatic nitrogens is 1. The predicted molar refractivity (Wildman–Crippen MR) is 58.3 cm³/mol. The zero-order valence-electron chi connectivity index (χ0n) is 8.43. The number of nitrogens with zero attached hydrogens (tertiary/aromatic N) is 1. The molecule has 9 heteroatoms. The van der Waals surface area contributed by atoms with Gasteiger partial charge in [-0.1, -0.05) is 0 Å². The second-order valence-corrected chi connectivity index (χ2v) is 4.25. The number of halogens is 6. The van der Waals surface area contributed by atoms with Gasteiger partial charge in [-0.25, -0.2) is 13.8 Å². The van der Waals surface area contributed by atoms with Crippen LogP contribution in [0.25, 0.3) is 0 Å². The second-order valence-electron chi connectivity index (χ2n) is 3.23. The van der Waals surface area contributed by atoms with Crippen molar-refractivity contribution < 1.29 is 31.9 Å². The number of alkyl halides is 5. The van der Waals surface area contributed by atoms with Gasteiger partial charge in [0, 0.05) is 11.8 Å². The van der Waals surface area contributed by atoms with Crippen molar-refractivity contribution in [3.8, 4) is 0 Å². The summed E-state index contributed by atoms with van der Waals surface area (Å²) in [6, 6.07) is 0. The topological polar surface area (TPSA) is 50.2 Å². The van der Waals surface area contributed by atoms with E-state index in [0.717, 1.165) is 0 Å². The zero-order chi connectivity index (χ0) is 14.1. The Labute approximate surface area is 111 Å². The maximum atomic E-state index is 12.7. The fourth-order valence-electron chi connectivity index (χ4n) is 1.36. The van der Waals surface area contributed by atoms with Crippen molar-refractivity contribution in [2.24, 2.45) is 0 Å². The number of carboxylic acid groups (broad SMARTS) is 1. The predicted octanol–water partition coefficient (Wildman–Crippen LogP) is 3.27. The Bertz CT molecular complexity index is 475. The van der Waals surface area contributed by atoms with E-state index in [1.807, 2.05) is 0 Å². The lowest BCUT2D eigenvalue weighted by Crippen LogP contribution is -2.18. The molecule has 18 heavy (non-hydrogen) atoms. The van der Waals surface area contributed by atoms with Gasteiger partial charge in [-0.2, -0.15) is 13.2 Å². The first kappa shape index (κ1) is 15.1. The summed E-state index contributed by atoms with van der Waals surface area (Å²) in [5.41, 5.74) is -3.36. The molecule has 0 unspecified atom stereocenters. The van der Waals surface area contributed by atoms with Crippen LogP contribution < -0.4 is 0 Å². The summed E-state index contributed by atoms with van der Waals surface area (Å²) in [4.78, 5) is 13.7. The average molecular weight is 381 g/mol. The number of carboxylic acids is 1. The van der Waals surface area contributed by atoms with Crippen LogP contribution in [0.5, 0.6) is 0 Å². The minimum Gasteiger partial charge on any atom is -0.481 e. The first-order valence-corrected chi connectivity index (χ1v) is 5.47. The third kappa shape index (κ3) is 3.27. The monoisotopic (exact) mass is 381 g/mol. The van der Waals surface area contributed by atoms with Crippen molar-refractivity contribution in [3.63, 3.8) is 0 Å². The third-order valence-corrected chi connectivity index (χ3v) is 2.84. The molecule has 1 N–H and O–H groups in total. The molecule has 0 bridgehead atoms. The summed E-state index contributed by atoms with van der Waals surface area (Å²) in [7, 11) is 0. The van der Waals surface area contributed by atoms with E-state index in [4.69, 9.17) is 5.11 Å². The van der Waals surface area contributed by atoms with Gasteiger partial charge in [0.05, 0.1) is 12.0 Å². The Kier molecular flexibility index (Phi) is 4.46. The Morgan fingerprint density at radius 1 is 1.44 bits per heavy atom. The number of pyridine rings is 1. The molecular weight excluding hydrogens is 376 g/mol. The molecule has 0 aliphatic heterocycles. The molecule has 3 nitrogen and oxygen atoms in total. The van der Waals surface area contributed by atoms with Gasteiger partial charge in [0.15, 0.2) is 0 Å². The lowest BCUT2D eigenvalue weighted by atomic mass is 10.0. The van der Waals surface area contributed by atoms with Crippen LogP contribution in [0.15, 0.2) is 6.20 Å². The minimum absolute atomic E-state index is 0.555. The quantitative estimate of drug-likeness (QED) is 0.497. The molecule has 0 amide bonds. The molecule has 100 valence electrons. The summed E-state index contributed by atoms with van der Waals surface area (Å²) in [6.07, 6.45) is -8.71. The van der Waals surface area contributed by atoms with Crippen LogP contribution >= 0.6 is 22.6 Å². The zero-order valence-corrected chi connectivity index (χ0v) is 10.6. The van der Waals surface area contributed by atoms with Gasteiger partial charge in [0.2, 0.25) is 0 Å². The Hall–Kier alpha value is -1.00. The third-order valence-electron chi connectivity index (χ3n) is 2.02. The first-order chi connectivity index (χ1) is 8.14. The minimum atomic E-state index is -4.93. The molecule has 0 aliphatic rings. The van der Waals surface area contributed by atoms with Gasteiger partial charge >= 0.3 is 12.1 Å². The van der Waals surface area contributed by atoms with E-state index in [1.54, 1.807) is 0 Å². The van der Waals surface area contributed by atoms with Gasteiger partial charge in [0.1, 0.15) is 3.70 Å². The van der Waals surface area contributed by atoms with Gasteiger partial charge < -0.3 is 5.11 Å². The SMILES string of the molecule is O=C(O)Cc1c(C(F)F)cnc(I)c1C(F)(F)F. The van der Waals surface area contributed by atoms with Crippen molar-refractivity contribution in [3.05, 3.63) is 26.6 Å². The number of hydrogen-bond acceptors (Lipinski definition) is 2. The van der Waals surface area contributed by atoms with Crippen molar-refractivity contribution in [1.29, 1.82) is 0 Å². The Morgan fingerprint density at radius 3 is 2.39 bits per heavy atom. The van der Waals surface area contributed by atoms with Crippen LogP contribution in [0.1, 0.15) is 23.1 Å². The van der Waals surface area contributed by atoms with E-state index in [9.17, 15) is 26.7 Å². The molecule has 1 aromatic rings. The smallest absolute Gasteiger partial charge is 0.419 e. The van der Waals surface area contributed by atoms with E-state index in [-0.39, 0.29) is 0 Å².